The van der Waals surface area contributed by atoms with Crippen LogP contribution in [-0.4, -0.2) is 39.5 Å². The van der Waals surface area contributed by atoms with Gasteiger partial charge in [0.15, 0.2) is 0 Å². The van der Waals surface area contributed by atoms with E-state index in [1.807, 2.05) is 15.7 Å². The Morgan fingerprint density at radius 2 is 2.11 bits per heavy atom. The normalized spacial score (nSPS) is 16.1. The maximum Gasteiger partial charge on any atom is 0.242 e. The summed E-state index contributed by atoms with van der Waals surface area (Å²) in [6, 6.07) is 0.432. The van der Waals surface area contributed by atoms with Crippen LogP contribution in [0.5, 0.6) is 0 Å². The van der Waals surface area contributed by atoms with Gasteiger partial charge in [-0.25, -0.2) is 4.98 Å². The van der Waals surface area contributed by atoms with Gasteiger partial charge in [-0.15, -0.1) is 0 Å². The maximum absolute atomic E-state index is 12.2. The monoisotopic (exact) mass is 264 g/mol. The molecule has 1 aromatic heterocycles. The first kappa shape index (κ1) is 14.1. The van der Waals surface area contributed by atoms with E-state index in [9.17, 15) is 4.79 Å². The Morgan fingerprint density at radius 3 is 2.79 bits per heavy atom. The summed E-state index contributed by atoms with van der Waals surface area (Å²) in [5.74, 6) is 0.212. The molecular weight excluding hydrogens is 240 g/mol. The number of aromatic nitrogens is 2. The van der Waals surface area contributed by atoms with E-state index in [-0.39, 0.29) is 5.91 Å². The van der Waals surface area contributed by atoms with Crippen LogP contribution in [-0.2, 0) is 17.9 Å². The lowest BCUT2D eigenvalue weighted by Gasteiger charge is -2.27. The molecule has 5 nitrogen and oxygen atoms in total. The molecule has 1 saturated heterocycles. The van der Waals surface area contributed by atoms with Crippen LogP contribution in [0.2, 0.25) is 0 Å². The number of carbonyl (C=O) groups is 1. The molecule has 2 rings (SSSR count). The number of amides is 1. The van der Waals surface area contributed by atoms with Crippen molar-refractivity contribution in [2.75, 3.05) is 13.1 Å². The van der Waals surface area contributed by atoms with Gasteiger partial charge in [-0.2, -0.15) is 0 Å². The molecule has 1 fully saturated rings. The molecule has 1 aliphatic heterocycles. The van der Waals surface area contributed by atoms with Crippen LogP contribution in [0.4, 0.5) is 0 Å². The summed E-state index contributed by atoms with van der Waals surface area (Å²) >= 11 is 0. The maximum atomic E-state index is 12.2. The predicted octanol–water partition coefficient (Wildman–Crippen LogP) is 1.39. The van der Waals surface area contributed by atoms with E-state index in [1.165, 1.54) is 6.42 Å². The largest absolute Gasteiger partial charge is 0.341 e. The molecule has 0 spiro atoms. The number of imidazole rings is 1. The van der Waals surface area contributed by atoms with E-state index in [2.05, 4.69) is 24.1 Å². The number of piperidine rings is 1. The van der Waals surface area contributed by atoms with Gasteiger partial charge in [-0.05, 0) is 19.3 Å². The van der Waals surface area contributed by atoms with Gasteiger partial charge in [-0.1, -0.05) is 13.8 Å². The van der Waals surface area contributed by atoms with Crippen molar-refractivity contribution in [3.05, 3.63) is 18.2 Å². The molecule has 0 saturated carbocycles. The van der Waals surface area contributed by atoms with Gasteiger partial charge in [-0.3, -0.25) is 4.79 Å². The molecule has 1 amide bonds. The van der Waals surface area contributed by atoms with Crippen molar-refractivity contribution in [3.8, 4) is 0 Å². The Balaban J connectivity index is 1.91. The Kier molecular flexibility index (Phi) is 4.96. The molecule has 1 aromatic rings. The molecule has 0 unspecified atom stereocenters. The lowest BCUT2D eigenvalue weighted by Crippen LogP contribution is -2.38. The van der Waals surface area contributed by atoms with Gasteiger partial charge in [0.1, 0.15) is 6.54 Å². The van der Waals surface area contributed by atoms with Gasteiger partial charge >= 0.3 is 0 Å². The SMILES string of the molecule is CC(C)NCc1cncn1CC(=O)N1CCCCC1. The second-order valence-electron chi connectivity index (χ2n) is 5.49. The van der Waals surface area contributed by atoms with Crippen molar-refractivity contribution in [2.24, 2.45) is 0 Å². The number of likely N-dealkylation sites (tertiary alicyclic amines) is 1. The third-order valence-electron chi connectivity index (χ3n) is 3.50. The predicted molar refractivity (Wildman–Crippen MR) is 74.6 cm³/mol. The molecule has 0 bridgehead atoms. The van der Waals surface area contributed by atoms with Crippen LogP contribution in [0, 0.1) is 0 Å². The zero-order chi connectivity index (χ0) is 13.7. The zero-order valence-corrected chi connectivity index (χ0v) is 11.9. The molecule has 1 aliphatic rings. The molecule has 19 heavy (non-hydrogen) atoms. The number of nitrogens with zero attached hydrogens (tertiary/aromatic N) is 3. The lowest BCUT2D eigenvalue weighted by molar-refractivity contribution is -0.132. The molecule has 5 heteroatoms. The Hall–Kier alpha value is -1.36. The lowest BCUT2D eigenvalue weighted by atomic mass is 10.1. The highest BCUT2D eigenvalue weighted by atomic mass is 16.2. The van der Waals surface area contributed by atoms with Crippen molar-refractivity contribution < 1.29 is 4.79 Å². The molecule has 0 aliphatic carbocycles. The molecule has 0 aromatic carbocycles. The molecule has 0 atom stereocenters. The second kappa shape index (κ2) is 6.70. The van der Waals surface area contributed by atoms with Crippen LogP contribution >= 0.6 is 0 Å². The van der Waals surface area contributed by atoms with Crippen LogP contribution < -0.4 is 5.32 Å². The summed E-state index contributed by atoms with van der Waals surface area (Å²) in [6.45, 7) is 7.21. The average Bonchev–Trinajstić information content (AvgIpc) is 2.84. The van der Waals surface area contributed by atoms with Crippen molar-refractivity contribution in [3.63, 3.8) is 0 Å². The Bertz CT molecular complexity index is 407. The van der Waals surface area contributed by atoms with Crippen molar-refractivity contribution in [2.45, 2.75) is 52.2 Å². The molecule has 2 heterocycles. The van der Waals surface area contributed by atoms with Gasteiger partial charge in [0.25, 0.3) is 0 Å². The Labute approximate surface area is 115 Å². The summed E-state index contributed by atoms with van der Waals surface area (Å²) in [5.41, 5.74) is 1.07. The van der Waals surface area contributed by atoms with Crippen LogP contribution in [0.25, 0.3) is 0 Å². The van der Waals surface area contributed by atoms with Crippen LogP contribution in [0.3, 0.4) is 0 Å². The molecule has 0 radical (unpaired) electrons. The summed E-state index contributed by atoms with van der Waals surface area (Å²) in [5, 5.41) is 3.36. The van der Waals surface area contributed by atoms with Gasteiger partial charge < -0.3 is 14.8 Å². The standard InChI is InChI=1S/C14H24N4O/c1-12(2)16-9-13-8-15-11-18(13)10-14(19)17-6-4-3-5-7-17/h8,11-12,16H,3-7,9-10H2,1-2H3. The quantitative estimate of drug-likeness (QED) is 0.874. The van der Waals surface area contributed by atoms with Gasteiger partial charge in [0, 0.05) is 31.9 Å². The smallest absolute Gasteiger partial charge is 0.242 e. The number of carbonyl (C=O) groups excluding carboxylic acids is 1. The van der Waals surface area contributed by atoms with Crippen LogP contribution in [0.1, 0.15) is 38.8 Å². The van der Waals surface area contributed by atoms with Crippen molar-refractivity contribution in [1.29, 1.82) is 0 Å². The fourth-order valence-electron chi connectivity index (χ4n) is 2.34. The average molecular weight is 264 g/mol. The summed E-state index contributed by atoms with van der Waals surface area (Å²) < 4.78 is 1.95. The minimum Gasteiger partial charge on any atom is -0.341 e. The van der Waals surface area contributed by atoms with Crippen molar-refractivity contribution in [1.82, 2.24) is 19.8 Å². The highest BCUT2D eigenvalue weighted by Gasteiger charge is 2.17. The van der Waals surface area contributed by atoms with Crippen LogP contribution in [0.15, 0.2) is 12.5 Å². The topological polar surface area (TPSA) is 50.2 Å². The minimum atomic E-state index is 0.212. The first-order valence-corrected chi connectivity index (χ1v) is 7.17. The van der Waals surface area contributed by atoms with Gasteiger partial charge in [0.2, 0.25) is 5.91 Å². The second-order valence-corrected chi connectivity index (χ2v) is 5.49. The Morgan fingerprint density at radius 1 is 1.37 bits per heavy atom. The van der Waals surface area contributed by atoms with E-state index >= 15 is 0 Å². The van der Waals surface area contributed by atoms with E-state index in [4.69, 9.17) is 0 Å². The first-order valence-electron chi connectivity index (χ1n) is 7.17. The van der Waals surface area contributed by atoms with E-state index < -0.39 is 0 Å². The number of hydrogen-bond acceptors (Lipinski definition) is 3. The molecular formula is C14H24N4O. The third-order valence-corrected chi connectivity index (χ3v) is 3.50. The first-order chi connectivity index (χ1) is 9.16. The fraction of sp³-hybridized carbons (Fsp3) is 0.714. The number of rotatable bonds is 5. The number of nitrogens with one attached hydrogen (secondary N) is 1. The minimum absolute atomic E-state index is 0.212. The number of hydrogen-bond donors (Lipinski definition) is 1. The summed E-state index contributed by atoms with van der Waals surface area (Å²) in [4.78, 5) is 18.3. The fourth-order valence-corrected chi connectivity index (χ4v) is 2.34. The molecule has 1 N–H and O–H groups in total. The van der Waals surface area contributed by atoms with Crippen molar-refractivity contribution >= 4 is 5.91 Å². The van der Waals surface area contributed by atoms with E-state index in [0.717, 1.165) is 38.2 Å². The third kappa shape index (κ3) is 4.06. The summed E-state index contributed by atoms with van der Waals surface area (Å²) in [7, 11) is 0. The zero-order valence-electron chi connectivity index (χ0n) is 11.9. The highest BCUT2D eigenvalue weighted by molar-refractivity contribution is 5.76. The highest BCUT2D eigenvalue weighted by Crippen LogP contribution is 2.10. The van der Waals surface area contributed by atoms with E-state index in [0.29, 0.717) is 12.6 Å². The molecule has 106 valence electrons. The van der Waals surface area contributed by atoms with Gasteiger partial charge in [0.05, 0.1) is 12.0 Å². The van der Waals surface area contributed by atoms with E-state index in [1.54, 1.807) is 6.33 Å². The summed E-state index contributed by atoms with van der Waals surface area (Å²) in [6.07, 6.45) is 7.10.